The summed E-state index contributed by atoms with van der Waals surface area (Å²) in [5, 5.41) is 22.1. The van der Waals surface area contributed by atoms with Crippen LogP contribution in [0.2, 0.25) is 0 Å². The zero-order chi connectivity index (χ0) is 19.9. The van der Waals surface area contributed by atoms with Crippen molar-refractivity contribution in [3.63, 3.8) is 0 Å². The molecule has 3 aromatic rings. The van der Waals surface area contributed by atoms with Crippen LogP contribution in [-0.4, -0.2) is 31.5 Å². The average Bonchev–Trinajstić information content (AvgIpc) is 3.10. The molecule has 0 unspecified atom stereocenters. The molecule has 1 aromatic heterocycles. The molecule has 8 heteroatoms. The Balaban J connectivity index is 1.70. The fourth-order valence-corrected chi connectivity index (χ4v) is 3.69. The van der Waals surface area contributed by atoms with Crippen molar-refractivity contribution in [2.45, 2.75) is 18.2 Å². The molecule has 0 aliphatic heterocycles. The molecular weight excluding hydrogens is 440 g/mol. The number of rotatable bonds is 8. The van der Waals surface area contributed by atoms with E-state index in [0.29, 0.717) is 29.6 Å². The van der Waals surface area contributed by atoms with Crippen LogP contribution >= 0.6 is 27.7 Å². The highest BCUT2D eigenvalue weighted by molar-refractivity contribution is 9.10. The first kappa shape index (κ1) is 20.2. The van der Waals surface area contributed by atoms with Crippen LogP contribution in [0.5, 0.6) is 5.75 Å². The van der Waals surface area contributed by atoms with E-state index in [1.165, 1.54) is 11.8 Å². The van der Waals surface area contributed by atoms with Crippen LogP contribution in [-0.2, 0) is 17.9 Å². The van der Waals surface area contributed by atoms with Gasteiger partial charge in [-0.05, 0) is 23.8 Å². The largest absolute Gasteiger partial charge is 0.507 e. The summed E-state index contributed by atoms with van der Waals surface area (Å²) >= 11 is 4.70. The smallest absolute Gasteiger partial charge is 0.230 e. The molecule has 0 fully saturated rings. The average molecular weight is 459 g/mol. The third-order valence-electron chi connectivity index (χ3n) is 3.89. The lowest BCUT2D eigenvalue weighted by Crippen LogP contribution is -2.24. The normalized spacial score (nSPS) is 10.6. The number of allylic oxidation sites excluding steroid dienone is 1. The second-order valence-electron chi connectivity index (χ2n) is 5.92. The maximum absolute atomic E-state index is 12.2. The highest BCUT2D eigenvalue weighted by Gasteiger charge is 2.17. The van der Waals surface area contributed by atoms with Crippen LogP contribution in [0.3, 0.4) is 0 Å². The van der Waals surface area contributed by atoms with Gasteiger partial charge in [0.15, 0.2) is 11.0 Å². The number of phenolic OH excluding ortho intramolecular Hbond substituents is 1. The molecule has 0 aliphatic carbocycles. The number of phenols is 1. The van der Waals surface area contributed by atoms with E-state index in [2.05, 4.69) is 38.0 Å². The number of nitrogens with one attached hydrogen (secondary N) is 1. The van der Waals surface area contributed by atoms with Crippen molar-refractivity contribution in [2.75, 3.05) is 5.75 Å². The predicted molar refractivity (Wildman–Crippen MR) is 114 cm³/mol. The monoisotopic (exact) mass is 458 g/mol. The summed E-state index contributed by atoms with van der Waals surface area (Å²) < 4.78 is 2.65. The minimum Gasteiger partial charge on any atom is -0.507 e. The highest BCUT2D eigenvalue weighted by Crippen LogP contribution is 2.32. The van der Waals surface area contributed by atoms with Gasteiger partial charge in [-0.25, -0.2) is 0 Å². The third kappa shape index (κ3) is 5.02. The number of aromatic hydroxyl groups is 1. The Kier molecular flexibility index (Phi) is 6.89. The lowest BCUT2D eigenvalue weighted by atomic mass is 10.2. The number of carbonyl (C=O) groups is 1. The predicted octanol–water partition coefficient (Wildman–Crippen LogP) is 4.01. The number of aromatic nitrogens is 3. The quantitative estimate of drug-likeness (QED) is 0.393. The minimum absolute atomic E-state index is 0.0890. The minimum atomic E-state index is -0.0890. The molecule has 6 nitrogen and oxygen atoms in total. The number of halogens is 1. The number of thioether (sulfide) groups is 1. The molecule has 3 rings (SSSR count). The maximum atomic E-state index is 12.2. The Hall–Kier alpha value is -2.58. The number of hydrogen-bond acceptors (Lipinski definition) is 5. The summed E-state index contributed by atoms with van der Waals surface area (Å²) in [4.78, 5) is 12.2. The van der Waals surface area contributed by atoms with E-state index in [-0.39, 0.29) is 17.4 Å². The molecule has 2 aromatic carbocycles. The van der Waals surface area contributed by atoms with Gasteiger partial charge < -0.3 is 10.4 Å². The molecule has 1 heterocycles. The number of hydrogen-bond donors (Lipinski definition) is 2. The number of carbonyl (C=O) groups excluding carboxylic acids is 1. The summed E-state index contributed by atoms with van der Waals surface area (Å²) in [7, 11) is 0. The van der Waals surface area contributed by atoms with E-state index in [0.717, 1.165) is 10.0 Å². The van der Waals surface area contributed by atoms with E-state index in [9.17, 15) is 9.90 Å². The van der Waals surface area contributed by atoms with Gasteiger partial charge in [0, 0.05) is 17.6 Å². The van der Waals surface area contributed by atoms with Crippen LogP contribution < -0.4 is 5.32 Å². The van der Waals surface area contributed by atoms with Gasteiger partial charge in [0.2, 0.25) is 5.91 Å². The Morgan fingerprint density at radius 1 is 1.25 bits per heavy atom. The van der Waals surface area contributed by atoms with Crippen LogP contribution in [0.15, 0.2) is 70.8 Å². The van der Waals surface area contributed by atoms with Gasteiger partial charge >= 0.3 is 0 Å². The van der Waals surface area contributed by atoms with Crippen molar-refractivity contribution in [1.82, 2.24) is 20.1 Å². The first-order chi connectivity index (χ1) is 13.6. The third-order valence-corrected chi connectivity index (χ3v) is 5.35. The van der Waals surface area contributed by atoms with Crippen LogP contribution in [0.1, 0.15) is 5.56 Å². The van der Waals surface area contributed by atoms with Gasteiger partial charge in [-0.1, -0.05) is 64.1 Å². The SMILES string of the molecule is C=CCn1c(SCC(=O)NCc2ccccc2)nnc1-c1cc(Br)ccc1O. The van der Waals surface area contributed by atoms with E-state index in [4.69, 9.17) is 0 Å². The summed E-state index contributed by atoms with van der Waals surface area (Å²) in [6, 6.07) is 14.9. The topological polar surface area (TPSA) is 80.0 Å². The van der Waals surface area contributed by atoms with Gasteiger partial charge in [-0.2, -0.15) is 0 Å². The number of nitrogens with zero attached hydrogens (tertiary/aromatic N) is 3. The molecule has 1 amide bonds. The van der Waals surface area contributed by atoms with Crippen molar-refractivity contribution >= 4 is 33.6 Å². The van der Waals surface area contributed by atoms with Gasteiger partial charge in [-0.3, -0.25) is 9.36 Å². The second kappa shape index (κ2) is 9.57. The first-order valence-electron chi connectivity index (χ1n) is 8.55. The number of benzene rings is 2. The first-order valence-corrected chi connectivity index (χ1v) is 10.3. The molecule has 0 atom stereocenters. The Morgan fingerprint density at radius 2 is 2.04 bits per heavy atom. The molecular formula is C20H19BrN4O2S. The second-order valence-corrected chi connectivity index (χ2v) is 7.78. The van der Waals surface area contributed by atoms with Gasteiger partial charge in [-0.15, -0.1) is 16.8 Å². The van der Waals surface area contributed by atoms with E-state index < -0.39 is 0 Å². The van der Waals surface area contributed by atoms with Crippen LogP contribution in [0, 0.1) is 0 Å². The Morgan fingerprint density at radius 3 is 2.79 bits per heavy atom. The Labute approximate surface area is 175 Å². The summed E-state index contributed by atoms with van der Waals surface area (Å²) in [5.41, 5.74) is 1.60. The summed E-state index contributed by atoms with van der Waals surface area (Å²) in [5.74, 6) is 0.755. The van der Waals surface area contributed by atoms with E-state index >= 15 is 0 Å². The molecule has 0 spiro atoms. The number of amides is 1. The molecule has 28 heavy (non-hydrogen) atoms. The fraction of sp³-hybridized carbons (Fsp3) is 0.150. The van der Waals surface area contributed by atoms with Crippen molar-refractivity contribution in [1.29, 1.82) is 0 Å². The molecule has 144 valence electrons. The van der Waals surface area contributed by atoms with Gasteiger partial charge in [0.1, 0.15) is 5.75 Å². The lowest BCUT2D eigenvalue weighted by Gasteiger charge is -2.09. The van der Waals surface area contributed by atoms with Crippen LogP contribution in [0.25, 0.3) is 11.4 Å². The zero-order valence-corrected chi connectivity index (χ0v) is 17.4. The molecule has 0 radical (unpaired) electrons. The molecule has 2 N–H and O–H groups in total. The van der Waals surface area contributed by atoms with Crippen molar-refractivity contribution in [3.05, 3.63) is 71.2 Å². The van der Waals surface area contributed by atoms with Crippen molar-refractivity contribution in [2.24, 2.45) is 0 Å². The molecule has 0 saturated carbocycles. The summed E-state index contributed by atoms with van der Waals surface area (Å²) in [6.45, 7) is 4.72. The lowest BCUT2D eigenvalue weighted by molar-refractivity contribution is -0.118. The zero-order valence-electron chi connectivity index (χ0n) is 15.0. The molecule has 0 bridgehead atoms. The van der Waals surface area contributed by atoms with Gasteiger partial charge in [0.05, 0.1) is 11.3 Å². The van der Waals surface area contributed by atoms with Gasteiger partial charge in [0.25, 0.3) is 0 Å². The van der Waals surface area contributed by atoms with Crippen molar-refractivity contribution < 1.29 is 9.90 Å². The molecule has 0 saturated heterocycles. The fourth-order valence-electron chi connectivity index (χ4n) is 2.55. The van der Waals surface area contributed by atoms with Crippen molar-refractivity contribution in [3.8, 4) is 17.1 Å². The van der Waals surface area contributed by atoms with Crippen LogP contribution in [0.4, 0.5) is 0 Å². The standard InChI is InChI=1S/C20H19BrN4O2S/c1-2-10-25-19(16-11-15(21)8-9-17(16)26)23-24-20(25)28-13-18(27)22-12-14-6-4-3-5-7-14/h2-9,11,26H,1,10,12-13H2,(H,22,27). The highest BCUT2D eigenvalue weighted by atomic mass is 79.9. The summed E-state index contributed by atoms with van der Waals surface area (Å²) in [6.07, 6.45) is 1.72. The molecule has 0 aliphatic rings. The van der Waals surface area contributed by atoms with E-state index in [1.54, 1.807) is 24.3 Å². The van der Waals surface area contributed by atoms with E-state index in [1.807, 2.05) is 34.9 Å². The maximum Gasteiger partial charge on any atom is 0.230 e. The Bertz CT molecular complexity index is 976.